The highest BCUT2D eigenvalue weighted by Crippen LogP contribution is 2.32. The van der Waals surface area contributed by atoms with E-state index in [1.54, 1.807) is 22.8 Å². The maximum absolute atomic E-state index is 12.1. The van der Waals surface area contributed by atoms with E-state index in [2.05, 4.69) is 10.3 Å². The van der Waals surface area contributed by atoms with Gasteiger partial charge in [-0.1, -0.05) is 6.07 Å². The Morgan fingerprint density at radius 1 is 1.48 bits per heavy atom. The van der Waals surface area contributed by atoms with Crippen molar-refractivity contribution in [2.45, 2.75) is 11.7 Å². The number of thioether (sulfide) groups is 1. The number of aliphatic hydroxyl groups is 1. The number of aliphatic hydroxyl groups excluding tert-OH is 1. The number of hydrogen-bond acceptors (Lipinski definition) is 5. The molecule has 7 heteroatoms. The number of dihydropyridines is 1. The van der Waals surface area contributed by atoms with Crippen LogP contribution in [0.25, 0.3) is 0 Å². The van der Waals surface area contributed by atoms with Crippen LogP contribution in [0.15, 0.2) is 45.3 Å². The van der Waals surface area contributed by atoms with Crippen LogP contribution in [0.3, 0.4) is 0 Å². The van der Waals surface area contributed by atoms with Crippen molar-refractivity contribution in [1.82, 2.24) is 5.32 Å². The summed E-state index contributed by atoms with van der Waals surface area (Å²) in [5, 5.41) is 16.1. The minimum Gasteiger partial charge on any atom is -0.510 e. The van der Waals surface area contributed by atoms with E-state index in [4.69, 9.17) is 0 Å². The summed E-state index contributed by atoms with van der Waals surface area (Å²) in [7, 11) is 0. The molecule has 3 rings (SSSR count). The van der Waals surface area contributed by atoms with E-state index in [1.165, 1.54) is 11.8 Å². The molecule has 2 aliphatic rings. The lowest BCUT2D eigenvalue weighted by atomic mass is 10.1. The van der Waals surface area contributed by atoms with Gasteiger partial charge >= 0.3 is 0 Å². The summed E-state index contributed by atoms with van der Waals surface area (Å²) in [5.41, 5.74) is 0.253. The van der Waals surface area contributed by atoms with Gasteiger partial charge in [-0.2, -0.15) is 0 Å². The second-order valence-electron chi connectivity index (χ2n) is 4.51. The van der Waals surface area contributed by atoms with Crippen LogP contribution in [0, 0.1) is 0 Å². The smallest absolute Gasteiger partial charge is 0.286 e. The summed E-state index contributed by atoms with van der Waals surface area (Å²) in [6, 6.07) is 3.93. The van der Waals surface area contributed by atoms with Gasteiger partial charge in [-0.25, -0.2) is 4.99 Å². The monoisotopic (exact) mass is 320 g/mol. The molecule has 0 bridgehead atoms. The molecule has 2 aliphatic heterocycles. The van der Waals surface area contributed by atoms with Gasteiger partial charge in [0.15, 0.2) is 0 Å². The molecule has 0 spiro atoms. The number of fused-ring (bicyclic) bond motifs is 1. The highest BCUT2D eigenvalue weighted by Gasteiger charge is 2.36. The second-order valence-corrected chi connectivity index (χ2v) is 6.55. The molecule has 1 unspecified atom stereocenters. The average Bonchev–Trinajstić information content (AvgIpc) is 3.09. The van der Waals surface area contributed by atoms with Crippen LogP contribution in [0.4, 0.5) is 0 Å². The summed E-state index contributed by atoms with van der Waals surface area (Å²) >= 11 is 2.94. The van der Waals surface area contributed by atoms with Crippen LogP contribution in [0.2, 0.25) is 0 Å². The molecular formula is C14H12N2O3S2. The molecule has 1 atom stereocenters. The van der Waals surface area contributed by atoms with Gasteiger partial charge in [0.25, 0.3) is 11.8 Å². The summed E-state index contributed by atoms with van der Waals surface area (Å²) in [6.07, 6.45) is 2.37. The van der Waals surface area contributed by atoms with Gasteiger partial charge in [0.2, 0.25) is 0 Å². The Hall–Kier alpha value is -1.86. The molecule has 108 valence electrons. The number of hydrogen-bond donors (Lipinski definition) is 2. The van der Waals surface area contributed by atoms with E-state index in [0.29, 0.717) is 18.7 Å². The Labute approximate surface area is 129 Å². The predicted octanol–water partition coefficient (Wildman–Crippen LogP) is 1.83. The van der Waals surface area contributed by atoms with Crippen LogP contribution < -0.4 is 5.32 Å². The molecule has 0 saturated carbocycles. The fraction of sp³-hybridized carbons (Fsp3) is 0.214. The molecule has 0 fully saturated rings. The lowest BCUT2D eigenvalue weighted by Crippen LogP contribution is -2.35. The summed E-state index contributed by atoms with van der Waals surface area (Å²) < 4.78 is 0. The molecular weight excluding hydrogens is 308 g/mol. The van der Waals surface area contributed by atoms with Crippen LogP contribution in [-0.4, -0.2) is 34.4 Å². The number of amides is 2. The fourth-order valence-electron chi connectivity index (χ4n) is 2.11. The van der Waals surface area contributed by atoms with Gasteiger partial charge in [0.1, 0.15) is 16.6 Å². The number of aliphatic imine (C=N–C) groups is 1. The van der Waals surface area contributed by atoms with E-state index < -0.39 is 17.1 Å². The molecule has 0 radical (unpaired) electrons. The molecule has 3 heterocycles. The SMILES string of the molecule is O=C1N=C2C=CSC2C(O)=C1C(=O)NCCc1cccs1. The van der Waals surface area contributed by atoms with Gasteiger partial charge in [-0.05, 0) is 29.4 Å². The lowest BCUT2D eigenvalue weighted by Gasteiger charge is -2.17. The van der Waals surface area contributed by atoms with E-state index in [9.17, 15) is 14.7 Å². The highest BCUT2D eigenvalue weighted by atomic mass is 32.2. The minimum atomic E-state index is -0.681. The molecule has 2 amide bonds. The van der Waals surface area contributed by atoms with Crippen molar-refractivity contribution in [1.29, 1.82) is 0 Å². The Morgan fingerprint density at radius 2 is 2.33 bits per heavy atom. The van der Waals surface area contributed by atoms with Crippen LogP contribution >= 0.6 is 23.1 Å². The number of thiophene rings is 1. The maximum Gasteiger partial charge on any atom is 0.286 e. The number of carbonyl (C=O) groups is 2. The Balaban J connectivity index is 1.66. The van der Waals surface area contributed by atoms with Crippen molar-refractivity contribution in [2.75, 3.05) is 6.54 Å². The van der Waals surface area contributed by atoms with Crippen molar-refractivity contribution in [3.63, 3.8) is 0 Å². The van der Waals surface area contributed by atoms with Crippen molar-refractivity contribution in [3.8, 4) is 0 Å². The molecule has 1 aromatic rings. The number of allylic oxidation sites excluding steroid dienone is 1. The fourth-order valence-corrected chi connectivity index (χ4v) is 3.72. The van der Waals surface area contributed by atoms with Crippen molar-refractivity contribution in [3.05, 3.63) is 45.2 Å². The molecule has 5 nitrogen and oxygen atoms in total. The van der Waals surface area contributed by atoms with E-state index in [-0.39, 0.29) is 11.3 Å². The van der Waals surface area contributed by atoms with E-state index >= 15 is 0 Å². The Bertz CT molecular complexity index is 674. The Morgan fingerprint density at radius 3 is 3.10 bits per heavy atom. The molecule has 0 aliphatic carbocycles. The van der Waals surface area contributed by atoms with Gasteiger partial charge < -0.3 is 10.4 Å². The van der Waals surface area contributed by atoms with Gasteiger partial charge in [-0.15, -0.1) is 23.1 Å². The molecule has 0 aromatic carbocycles. The van der Waals surface area contributed by atoms with Crippen molar-refractivity contribution >= 4 is 40.6 Å². The van der Waals surface area contributed by atoms with Gasteiger partial charge in [0, 0.05) is 11.4 Å². The number of carbonyl (C=O) groups excluding carboxylic acids is 2. The first kappa shape index (κ1) is 14.1. The number of nitrogens with one attached hydrogen (secondary N) is 1. The lowest BCUT2D eigenvalue weighted by molar-refractivity contribution is -0.122. The Kier molecular flexibility index (Phi) is 3.94. The van der Waals surface area contributed by atoms with E-state index in [0.717, 1.165) is 4.88 Å². The molecule has 21 heavy (non-hydrogen) atoms. The van der Waals surface area contributed by atoms with Crippen molar-refractivity contribution in [2.24, 2.45) is 4.99 Å². The van der Waals surface area contributed by atoms with Gasteiger partial charge in [-0.3, -0.25) is 9.59 Å². The third kappa shape index (κ3) is 2.79. The standard InChI is InChI=1S/C14H12N2O3S2/c17-11-10(14(19)16-9-4-7-21-12(9)11)13(18)15-5-3-8-2-1-6-20-8/h1-2,4,6-7,12,17H,3,5H2,(H,15,18). The molecule has 2 N–H and O–H groups in total. The summed E-state index contributed by atoms with van der Waals surface area (Å²) in [5.74, 6) is -1.45. The van der Waals surface area contributed by atoms with Crippen LogP contribution in [0.5, 0.6) is 0 Å². The molecule has 1 aromatic heterocycles. The zero-order valence-corrected chi connectivity index (χ0v) is 12.5. The summed E-state index contributed by atoms with van der Waals surface area (Å²) in [4.78, 5) is 29.0. The van der Waals surface area contributed by atoms with Crippen LogP contribution in [0.1, 0.15) is 4.88 Å². The van der Waals surface area contributed by atoms with Gasteiger partial charge in [0.05, 0.1) is 5.71 Å². The minimum absolute atomic E-state index is 0.200. The molecule has 0 saturated heterocycles. The summed E-state index contributed by atoms with van der Waals surface area (Å²) in [6.45, 7) is 0.413. The number of nitrogens with zero attached hydrogens (tertiary/aromatic N) is 1. The van der Waals surface area contributed by atoms with Crippen LogP contribution in [-0.2, 0) is 16.0 Å². The highest BCUT2D eigenvalue weighted by molar-refractivity contribution is 8.04. The number of rotatable bonds is 4. The zero-order chi connectivity index (χ0) is 14.8. The third-order valence-electron chi connectivity index (χ3n) is 3.14. The largest absolute Gasteiger partial charge is 0.510 e. The third-order valence-corrected chi connectivity index (χ3v) is 5.10. The van der Waals surface area contributed by atoms with E-state index in [1.807, 2.05) is 17.5 Å². The quantitative estimate of drug-likeness (QED) is 0.830. The predicted molar refractivity (Wildman–Crippen MR) is 83.6 cm³/mol. The topological polar surface area (TPSA) is 78.8 Å². The first-order valence-corrected chi connectivity index (χ1v) is 8.17. The first-order chi connectivity index (χ1) is 10.2. The normalized spacial score (nSPS) is 20.5. The maximum atomic E-state index is 12.1. The average molecular weight is 320 g/mol. The first-order valence-electron chi connectivity index (χ1n) is 6.35. The van der Waals surface area contributed by atoms with Crippen molar-refractivity contribution < 1.29 is 14.7 Å². The zero-order valence-electron chi connectivity index (χ0n) is 10.9. The second kappa shape index (κ2) is 5.87.